The van der Waals surface area contributed by atoms with Crippen molar-refractivity contribution in [2.24, 2.45) is 0 Å². The molecule has 4 N–H and O–H groups in total. The average molecular weight is 939 g/mol. The molecule has 3 atom stereocenters. The van der Waals surface area contributed by atoms with Gasteiger partial charge in [-0.1, -0.05) is 84.4 Å². The summed E-state index contributed by atoms with van der Waals surface area (Å²) in [6, 6.07) is 23.9. The molecular formula is C51H60ClN5O10. The number of carbonyl (C=O) groups excluding carboxylic acids is 7. The Kier molecular flexibility index (Phi) is 16.6. The van der Waals surface area contributed by atoms with Gasteiger partial charge in [-0.3, -0.25) is 28.8 Å². The Morgan fingerprint density at radius 2 is 1.16 bits per heavy atom. The second kappa shape index (κ2) is 21.7. The molecule has 1 aromatic heterocycles. The molecule has 0 aliphatic carbocycles. The maximum absolute atomic E-state index is 14.7. The molecule has 0 unspecified atom stereocenters. The first-order valence-electron chi connectivity index (χ1n) is 22.0. The fourth-order valence-corrected chi connectivity index (χ4v) is 7.22. The van der Waals surface area contributed by atoms with Gasteiger partial charge in [-0.25, -0.2) is 9.36 Å². The van der Waals surface area contributed by atoms with Crippen LogP contribution in [0.15, 0.2) is 97.1 Å². The SMILES string of the molecule is CC(C)(C)OC(=O)CC[C@H](NC(=O)[C@H](CC(=O)OC(C)(C)C)NC(=O)[C@H](Cc1ccc2ccccc2c1)NC(=O)c1cc2cc(Cl)ccc2n1C(=O)OC(C)(C)C)C(=O)NCc1ccccc1. The van der Waals surface area contributed by atoms with Crippen LogP contribution in [0, 0.1) is 0 Å². The van der Waals surface area contributed by atoms with Gasteiger partial charge in [-0.05, 0) is 115 Å². The minimum absolute atomic E-state index is 0.104. The third kappa shape index (κ3) is 15.7. The minimum atomic E-state index is -1.65. The van der Waals surface area contributed by atoms with Crippen LogP contribution in [0.3, 0.4) is 0 Å². The van der Waals surface area contributed by atoms with E-state index in [0.29, 0.717) is 21.5 Å². The van der Waals surface area contributed by atoms with Crippen LogP contribution < -0.4 is 21.3 Å². The number of carbonyl (C=O) groups is 7. The number of fused-ring (bicyclic) bond motifs is 2. The monoisotopic (exact) mass is 937 g/mol. The highest BCUT2D eigenvalue weighted by Gasteiger charge is 2.34. The van der Waals surface area contributed by atoms with Crippen molar-refractivity contribution in [1.29, 1.82) is 0 Å². The summed E-state index contributed by atoms with van der Waals surface area (Å²) in [5.41, 5.74) is -1.16. The quantitative estimate of drug-likeness (QED) is 0.0561. The average Bonchev–Trinajstić information content (AvgIpc) is 3.61. The van der Waals surface area contributed by atoms with Gasteiger partial charge in [0.05, 0.1) is 11.9 Å². The molecule has 4 aromatic carbocycles. The maximum atomic E-state index is 14.7. The van der Waals surface area contributed by atoms with Crippen LogP contribution in [0.5, 0.6) is 0 Å². The maximum Gasteiger partial charge on any atom is 0.419 e. The first-order chi connectivity index (χ1) is 31.3. The van der Waals surface area contributed by atoms with E-state index in [2.05, 4.69) is 21.3 Å². The summed E-state index contributed by atoms with van der Waals surface area (Å²) in [7, 11) is 0. The van der Waals surface area contributed by atoms with Crippen LogP contribution in [0.2, 0.25) is 5.02 Å². The molecule has 356 valence electrons. The van der Waals surface area contributed by atoms with Crippen LogP contribution >= 0.6 is 11.6 Å². The van der Waals surface area contributed by atoms with Gasteiger partial charge in [0.2, 0.25) is 17.7 Å². The summed E-state index contributed by atoms with van der Waals surface area (Å²) in [4.78, 5) is 97.3. The first-order valence-corrected chi connectivity index (χ1v) is 22.4. The van der Waals surface area contributed by atoms with E-state index in [1.807, 2.05) is 42.5 Å². The van der Waals surface area contributed by atoms with Gasteiger partial charge < -0.3 is 35.5 Å². The zero-order valence-electron chi connectivity index (χ0n) is 39.4. The lowest BCUT2D eigenvalue weighted by Crippen LogP contribution is -2.57. The fraction of sp³-hybridized carbons (Fsp3) is 0.392. The molecule has 4 amide bonds. The number of nitrogens with one attached hydrogen (secondary N) is 4. The minimum Gasteiger partial charge on any atom is -0.460 e. The number of nitrogens with zero attached hydrogens (tertiary/aromatic N) is 1. The number of rotatable bonds is 16. The Morgan fingerprint density at radius 1 is 0.567 bits per heavy atom. The summed E-state index contributed by atoms with van der Waals surface area (Å²) < 4.78 is 17.8. The van der Waals surface area contributed by atoms with Crippen molar-refractivity contribution < 1.29 is 47.8 Å². The highest BCUT2D eigenvalue weighted by atomic mass is 35.5. The fourth-order valence-electron chi connectivity index (χ4n) is 7.04. The van der Waals surface area contributed by atoms with Crippen molar-refractivity contribution >= 4 is 74.9 Å². The van der Waals surface area contributed by atoms with E-state index in [1.54, 1.807) is 111 Å². The summed E-state index contributed by atoms with van der Waals surface area (Å²) in [6.45, 7) is 15.2. The summed E-state index contributed by atoms with van der Waals surface area (Å²) in [5, 5.41) is 13.4. The van der Waals surface area contributed by atoms with Gasteiger partial charge in [0.1, 0.15) is 40.6 Å². The molecule has 0 saturated carbocycles. The smallest absolute Gasteiger partial charge is 0.419 e. The Morgan fingerprint density at radius 3 is 1.82 bits per heavy atom. The molecule has 0 bridgehead atoms. The molecule has 1 heterocycles. The molecule has 0 aliphatic rings. The molecule has 0 fully saturated rings. The predicted molar refractivity (Wildman–Crippen MR) is 255 cm³/mol. The number of hydrogen-bond acceptors (Lipinski definition) is 10. The lowest BCUT2D eigenvalue weighted by molar-refractivity contribution is -0.156. The third-order valence-corrected chi connectivity index (χ3v) is 10.1. The van der Waals surface area contributed by atoms with E-state index < -0.39 is 83.0 Å². The van der Waals surface area contributed by atoms with Gasteiger partial charge in [-0.2, -0.15) is 0 Å². The van der Waals surface area contributed by atoms with E-state index in [0.717, 1.165) is 20.9 Å². The van der Waals surface area contributed by atoms with Gasteiger partial charge in [0, 0.05) is 29.8 Å². The van der Waals surface area contributed by atoms with Gasteiger partial charge in [-0.15, -0.1) is 0 Å². The number of halogens is 1. The van der Waals surface area contributed by atoms with Crippen molar-refractivity contribution in [3.05, 3.63) is 119 Å². The van der Waals surface area contributed by atoms with Crippen LogP contribution in [-0.2, 0) is 51.1 Å². The topological polar surface area (TPSA) is 200 Å². The lowest BCUT2D eigenvalue weighted by atomic mass is 10.0. The Balaban J connectivity index is 1.50. The number of aromatic nitrogens is 1. The molecule has 0 aliphatic heterocycles. The Labute approximate surface area is 395 Å². The number of amides is 4. The largest absolute Gasteiger partial charge is 0.460 e. The summed E-state index contributed by atoms with van der Waals surface area (Å²) >= 11 is 6.31. The van der Waals surface area contributed by atoms with Gasteiger partial charge in [0.25, 0.3) is 5.91 Å². The molecule has 5 aromatic rings. The van der Waals surface area contributed by atoms with Crippen LogP contribution in [0.25, 0.3) is 21.7 Å². The number of hydrogen-bond donors (Lipinski definition) is 4. The first kappa shape index (κ1) is 51.2. The van der Waals surface area contributed by atoms with Crippen LogP contribution in [-0.4, -0.2) is 81.2 Å². The molecule has 0 spiro atoms. The van der Waals surface area contributed by atoms with Crippen molar-refractivity contribution in [3.63, 3.8) is 0 Å². The molecule has 0 radical (unpaired) electrons. The molecule has 5 rings (SSSR count). The van der Waals surface area contributed by atoms with Crippen LogP contribution in [0.4, 0.5) is 4.79 Å². The third-order valence-electron chi connectivity index (χ3n) is 9.87. The van der Waals surface area contributed by atoms with Gasteiger partial charge >= 0.3 is 18.0 Å². The Hall–Kier alpha value is -6.74. The zero-order chi connectivity index (χ0) is 49.3. The predicted octanol–water partition coefficient (Wildman–Crippen LogP) is 7.71. The second-order valence-electron chi connectivity index (χ2n) is 19.2. The molecule has 0 saturated heterocycles. The normalized spacial score (nSPS) is 13.2. The van der Waals surface area contributed by atoms with E-state index >= 15 is 0 Å². The second-order valence-corrected chi connectivity index (χ2v) is 19.6. The van der Waals surface area contributed by atoms with E-state index in [1.165, 1.54) is 6.07 Å². The summed E-state index contributed by atoms with van der Waals surface area (Å²) in [5.74, 6) is -4.76. The van der Waals surface area contributed by atoms with Crippen molar-refractivity contribution in [2.75, 3.05) is 0 Å². The number of benzene rings is 4. The molecule has 67 heavy (non-hydrogen) atoms. The summed E-state index contributed by atoms with van der Waals surface area (Å²) in [6.07, 6.45) is -2.08. The lowest BCUT2D eigenvalue weighted by Gasteiger charge is -2.27. The standard InChI is InChI=1S/C51H60ClN5O10/c1-49(2,3)65-42(58)24-22-37(44(60)53-30-31-15-11-10-12-16-31)54-46(62)39(29-43(59)66-50(4,5)6)55-45(61)38(26-32-19-20-33-17-13-14-18-34(33)25-32)56-47(63)41-28-35-27-36(52)21-23-40(35)57(41)48(64)67-51(7,8)9/h10-21,23,25,27-28,37-39H,22,24,26,29-30H2,1-9H3,(H,53,60)(H,54,62)(H,55,61)(H,56,63)/t37-,38-,39-/m0/s1. The number of ether oxygens (including phenoxy) is 3. The highest BCUT2D eigenvalue weighted by Crippen LogP contribution is 2.26. The molecule has 16 heteroatoms. The van der Waals surface area contributed by atoms with E-state index in [9.17, 15) is 33.6 Å². The van der Waals surface area contributed by atoms with E-state index in [4.69, 9.17) is 25.8 Å². The van der Waals surface area contributed by atoms with Crippen LogP contribution in [0.1, 0.15) is 103 Å². The van der Waals surface area contributed by atoms with E-state index in [-0.39, 0.29) is 31.5 Å². The zero-order valence-corrected chi connectivity index (χ0v) is 40.2. The molecule has 15 nitrogen and oxygen atoms in total. The van der Waals surface area contributed by atoms with Crippen molar-refractivity contribution in [3.8, 4) is 0 Å². The highest BCUT2D eigenvalue weighted by molar-refractivity contribution is 6.31. The Bertz CT molecular complexity index is 2620. The molecular weight excluding hydrogens is 878 g/mol. The van der Waals surface area contributed by atoms with Crippen molar-refractivity contribution in [1.82, 2.24) is 25.8 Å². The number of esters is 2. The van der Waals surface area contributed by atoms with Crippen molar-refractivity contribution in [2.45, 2.75) is 129 Å². The van der Waals surface area contributed by atoms with Gasteiger partial charge in [0.15, 0.2) is 0 Å².